The Morgan fingerprint density at radius 2 is 1.90 bits per heavy atom. The number of hydrogen-bond acceptors (Lipinski definition) is 3. The molecule has 0 saturated heterocycles. The maximum Gasteiger partial charge on any atom is 0.434 e. The van der Waals surface area contributed by atoms with Crippen LogP contribution in [-0.4, -0.2) is 11.5 Å². The van der Waals surface area contributed by atoms with Crippen molar-refractivity contribution in [2.24, 2.45) is 0 Å². The summed E-state index contributed by atoms with van der Waals surface area (Å²) in [6.45, 7) is 2.65. The van der Waals surface area contributed by atoms with Gasteiger partial charge in [0.25, 0.3) is 0 Å². The summed E-state index contributed by atoms with van der Waals surface area (Å²) in [5.41, 5.74) is 0.106. The first-order valence-electron chi connectivity index (χ1n) is 6.41. The number of rotatable bonds is 5. The van der Waals surface area contributed by atoms with Crippen molar-refractivity contribution in [2.45, 2.75) is 26.1 Å². The molecule has 1 N–H and O–H groups in total. The van der Waals surface area contributed by atoms with Crippen LogP contribution >= 0.6 is 22.9 Å². The Morgan fingerprint density at radius 3 is 2.48 bits per heavy atom. The molecule has 2 nitrogen and oxygen atoms in total. The minimum Gasteiger partial charge on any atom is -0.312 e. The van der Waals surface area contributed by atoms with Gasteiger partial charge in [-0.05, 0) is 24.2 Å². The summed E-state index contributed by atoms with van der Waals surface area (Å²) >= 11 is 6.89. The predicted octanol–water partition coefficient (Wildman–Crippen LogP) is 4.52. The van der Waals surface area contributed by atoms with Gasteiger partial charge in [0.2, 0.25) is 0 Å². The van der Waals surface area contributed by atoms with Gasteiger partial charge in [-0.1, -0.05) is 30.7 Å². The highest BCUT2D eigenvalue weighted by atomic mass is 35.5. The number of nitrogens with zero attached hydrogens (tertiary/aromatic N) is 1. The molecule has 0 unspecified atom stereocenters. The molecule has 1 aromatic carbocycles. The molecule has 0 aliphatic rings. The van der Waals surface area contributed by atoms with Crippen molar-refractivity contribution >= 4 is 22.9 Å². The highest BCUT2D eigenvalue weighted by Crippen LogP contribution is 2.35. The van der Waals surface area contributed by atoms with Gasteiger partial charge >= 0.3 is 6.18 Å². The van der Waals surface area contributed by atoms with Gasteiger partial charge in [0.05, 0.1) is 9.88 Å². The van der Waals surface area contributed by atoms with Crippen molar-refractivity contribution in [3.8, 4) is 0 Å². The molecule has 7 heteroatoms. The zero-order valence-corrected chi connectivity index (χ0v) is 12.9. The summed E-state index contributed by atoms with van der Waals surface area (Å²) in [5.74, 6) is 0. The van der Waals surface area contributed by atoms with Gasteiger partial charge in [0, 0.05) is 18.0 Å². The third kappa shape index (κ3) is 4.43. The third-order valence-electron chi connectivity index (χ3n) is 2.81. The third-order valence-corrected chi connectivity index (χ3v) is 4.12. The second-order valence-electron chi connectivity index (χ2n) is 4.46. The van der Waals surface area contributed by atoms with E-state index in [1.54, 1.807) is 24.3 Å². The Bertz CT molecular complexity index is 593. The van der Waals surface area contributed by atoms with Crippen LogP contribution in [0, 0.1) is 0 Å². The molecule has 114 valence electrons. The van der Waals surface area contributed by atoms with Gasteiger partial charge < -0.3 is 5.32 Å². The van der Waals surface area contributed by atoms with E-state index in [1.807, 2.05) is 6.92 Å². The minimum absolute atomic E-state index is 0.184. The lowest BCUT2D eigenvalue weighted by atomic mass is 10.2. The van der Waals surface area contributed by atoms with Gasteiger partial charge in [0.15, 0.2) is 5.69 Å². The van der Waals surface area contributed by atoms with Crippen LogP contribution in [0.25, 0.3) is 0 Å². The molecule has 0 bridgehead atoms. The monoisotopic (exact) mass is 334 g/mol. The van der Waals surface area contributed by atoms with Gasteiger partial charge in [-0.15, -0.1) is 11.3 Å². The fourth-order valence-corrected chi connectivity index (χ4v) is 3.05. The molecule has 2 aromatic rings. The van der Waals surface area contributed by atoms with E-state index >= 15 is 0 Å². The van der Waals surface area contributed by atoms with E-state index in [1.165, 1.54) is 0 Å². The molecule has 1 aromatic heterocycles. The Labute approximate surface area is 130 Å². The molecule has 0 radical (unpaired) electrons. The average molecular weight is 335 g/mol. The number of alkyl halides is 3. The lowest BCUT2D eigenvalue weighted by molar-refractivity contribution is -0.141. The van der Waals surface area contributed by atoms with Gasteiger partial charge in [-0.25, -0.2) is 4.98 Å². The Morgan fingerprint density at radius 1 is 1.24 bits per heavy atom. The summed E-state index contributed by atoms with van der Waals surface area (Å²) in [4.78, 5) is 4.00. The first kappa shape index (κ1) is 16.3. The lowest BCUT2D eigenvalue weighted by Gasteiger charge is -2.05. The molecule has 0 atom stereocenters. The molecule has 21 heavy (non-hydrogen) atoms. The van der Waals surface area contributed by atoms with Gasteiger partial charge in [0.1, 0.15) is 0 Å². The Hall–Kier alpha value is -1.11. The molecule has 1 heterocycles. The topological polar surface area (TPSA) is 24.9 Å². The molecule has 0 spiro atoms. The van der Waals surface area contributed by atoms with Crippen molar-refractivity contribution in [2.75, 3.05) is 6.54 Å². The number of aromatic nitrogens is 1. The molecule has 0 aliphatic heterocycles. The summed E-state index contributed by atoms with van der Waals surface area (Å²) in [6.07, 6.45) is -4.05. The van der Waals surface area contributed by atoms with Crippen molar-refractivity contribution in [1.29, 1.82) is 0 Å². The second kappa shape index (κ2) is 6.77. The smallest absolute Gasteiger partial charge is 0.312 e. The molecule has 2 rings (SSSR count). The van der Waals surface area contributed by atoms with Crippen LogP contribution in [0.15, 0.2) is 24.3 Å². The second-order valence-corrected chi connectivity index (χ2v) is 6.07. The van der Waals surface area contributed by atoms with Gasteiger partial charge in [-0.3, -0.25) is 0 Å². The van der Waals surface area contributed by atoms with E-state index in [0.717, 1.165) is 16.9 Å². The van der Waals surface area contributed by atoms with E-state index < -0.39 is 11.9 Å². The minimum atomic E-state index is -4.42. The number of nitrogens with one attached hydrogen (secondary N) is 1. The van der Waals surface area contributed by atoms with E-state index in [4.69, 9.17) is 11.6 Å². The lowest BCUT2D eigenvalue weighted by Crippen LogP contribution is -2.15. The molecule has 0 amide bonds. The number of hydrogen-bond donors (Lipinski definition) is 1. The first-order valence-corrected chi connectivity index (χ1v) is 7.60. The maximum atomic E-state index is 13.0. The summed E-state index contributed by atoms with van der Waals surface area (Å²) < 4.78 is 38.9. The van der Waals surface area contributed by atoms with Crippen molar-refractivity contribution < 1.29 is 13.2 Å². The SMILES string of the molecule is CCNCc1sc(Cc2ccc(Cl)cc2)nc1C(F)(F)F. The van der Waals surface area contributed by atoms with Gasteiger partial charge in [-0.2, -0.15) is 13.2 Å². The van der Waals surface area contributed by atoms with E-state index in [2.05, 4.69) is 10.3 Å². The van der Waals surface area contributed by atoms with Crippen molar-refractivity contribution in [1.82, 2.24) is 10.3 Å². The van der Waals surface area contributed by atoms with Crippen LogP contribution in [0.1, 0.15) is 28.1 Å². The van der Waals surface area contributed by atoms with Crippen LogP contribution in [0.4, 0.5) is 13.2 Å². The average Bonchev–Trinajstić information content (AvgIpc) is 2.82. The number of halogens is 4. The molecule has 0 fully saturated rings. The number of benzene rings is 1. The first-order chi connectivity index (χ1) is 9.90. The fraction of sp³-hybridized carbons (Fsp3) is 0.357. The van der Waals surface area contributed by atoms with E-state index in [-0.39, 0.29) is 11.4 Å². The van der Waals surface area contributed by atoms with E-state index in [9.17, 15) is 13.2 Å². The van der Waals surface area contributed by atoms with Crippen LogP contribution < -0.4 is 5.32 Å². The summed E-state index contributed by atoms with van der Waals surface area (Å²) in [6, 6.07) is 7.02. The van der Waals surface area contributed by atoms with Crippen LogP contribution in [0.5, 0.6) is 0 Å². The summed E-state index contributed by atoms with van der Waals surface area (Å²) in [7, 11) is 0. The van der Waals surface area contributed by atoms with Crippen molar-refractivity contribution in [3.05, 3.63) is 50.4 Å². The van der Waals surface area contributed by atoms with Crippen molar-refractivity contribution in [3.63, 3.8) is 0 Å². The predicted molar refractivity (Wildman–Crippen MR) is 78.8 cm³/mol. The highest BCUT2D eigenvalue weighted by Gasteiger charge is 2.37. The fourth-order valence-electron chi connectivity index (χ4n) is 1.83. The molecular formula is C14H14ClF3N2S. The molecular weight excluding hydrogens is 321 g/mol. The van der Waals surface area contributed by atoms with Crippen LogP contribution in [0.3, 0.4) is 0 Å². The quantitative estimate of drug-likeness (QED) is 0.869. The molecule has 0 aliphatic carbocycles. The maximum absolute atomic E-state index is 13.0. The highest BCUT2D eigenvalue weighted by molar-refractivity contribution is 7.11. The zero-order chi connectivity index (χ0) is 15.5. The number of thiazole rings is 1. The molecule has 0 saturated carbocycles. The Balaban J connectivity index is 2.23. The largest absolute Gasteiger partial charge is 0.434 e. The van der Waals surface area contributed by atoms with E-state index in [0.29, 0.717) is 23.0 Å². The summed E-state index contributed by atoms with van der Waals surface area (Å²) in [5, 5.41) is 3.97. The Kier molecular flexibility index (Phi) is 5.24. The standard InChI is InChI=1S/C14H14ClF3N2S/c1-2-19-8-11-13(14(16,17)18)20-12(21-11)7-9-3-5-10(15)6-4-9/h3-6,19H,2,7-8H2,1H3. The zero-order valence-electron chi connectivity index (χ0n) is 11.3. The van der Waals surface area contributed by atoms with Crippen LogP contribution in [-0.2, 0) is 19.1 Å². The normalized spacial score (nSPS) is 11.9. The van der Waals surface area contributed by atoms with Crippen LogP contribution in [0.2, 0.25) is 5.02 Å².